The second kappa shape index (κ2) is 11.1. The molecule has 40 heavy (non-hydrogen) atoms. The van der Waals surface area contributed by atoms with Gasteiger partial charge in [0, 0.05) is 36.6 Å². The number of carbonyl (C=O) groups excluding carboxylic acids is 1. The predicted octanol–water partition coefficient (Wildman–Crippen LogP) is 5.58. The van der Waals surface area contributed by atoms with Crippen LogP contribution in [0.25, 0.3) is 16.9 Å². The molecule has 0 fully saturated rings. The van der Waals surface area contributed by atoms with Crippen LogP contribution in [-0.4, -0.2) is 27.5 Å². The number of amides is 1. The van der Waals surface area contributed by atoms with Crippen LogP contribution in [-0.2, 0) is 16.8 Å². The molecule has 0 saturated heterocycles. The molecule has 1 aromatic carbocycles. The maximum Gasteiger partial charge on any atom is 0.278 e. The molecule has 11 heteroatoms. The number of hydrogen-bond acceptors (Lipinski definition) is 5. The van der Waals surface area contributed by atoms with Gasteiger partial charge < -0.3 is 10.1 Å². The fourth-order valence-electron chi connectivity index (χ4n) is 4.30. The maximum absolute atomic E-state index is 16.1. The van der Waals surface area contributed by atoms with Crippen molar-refractivity contribution in [3.8, 4) is 22.7 Å². The number of ether oxygens (including phenoxy) is 1. The zero-order valence-electron chi connectivity index (χ0n) is 22.4. The molecule has 7 nitrogen and oxygen atoms in total. The highest BCUT2D eigenvalue weighted by Crippen LogP contribution is 2.32. The summed E-state index contributed by atoms with van der Waals surface area (Å²) in [6, 6.07) is 8.90. The molecule has 3 heterocycles. The monoisotopic (exact) mass is 570 g/mol. The van der Waals surface area contributed by atoms with Crippen molar-refractivity contribution in [2.75, 3.05) is 7.05 Å². The molecule has 0 unspecified atom stereocenters. The molecule has 0 atom stereocenters. The normalized spacial score (nSPS) is 11.4. The molecule has 4 rings (SSSR count). The van der Waals surface area contributed by atoms with E-state index in [9.17, 15) is 18.4 Å². The average molecular weight is 571 g/mol. The molecular formula is C29H26ClF3N4O3. The van der Waals surface area contributed by atoms with Crippen molar-refractivity contribution in [3.63, 3.8) is 0 Å². The highest BCUT2D eigenvalue weighted by molar-refractivity contribution is 6.31. The summed E-state index contributed by atoms with van der Waals surface area (Å²) in [7, 11) is 1.54. The van der Waals surface area contributed by atoms with Gasteiger partial charge in [0.05, 0.1) is 17.3 Å². The van der Waals surface area contributed by atoms with Gasteiger partial charge in [0.15, 0.2) is 11.6 Å². The third kappa shape index (κ3) is 5.31. The fourth-order valence-corrected chi connectivity index (χ4v) is 4.49. The number of pyridine rings is 3. The van der Waals surface area contributed by atoms with E-state index in [0.717, 1.165) is 10.8 Å². The van der Waals surface area contributed by atoms with E-state index in [1.54, 1.807) is 59.0 Å². The van der Waals surface area contributed by atoms with Gasteiger partial charge in [-0.25, -0.2) is 13.2 Å². The molecule has 208 valence electrons. The number of hydrogen-bond donors (Lipinski definition) is 1. The SMILES string of the molecule is CNC(=O)C(C)(C)c1cccc(-c2ncc(C)c(-n3c(C)cc(OCc4ncc(F)cc4F)c(Cl)c3=O)c2F)c1. The van der Waals surface area contributed by atoms with Crippen molar-refractivity contribution in [1.82, 2.24) is 19.9 Å². The third-order valence-corrected chi connectivity index (χ3v) is 6.95. The van der Waals surface area contributed by atoms with Crippen LogP contribution >= 0.6 is 11.6 Å². The van der Waals surface area contributed by atoms with Gasteiger partial charge in [-0.3, -0.25) is 24.1 Å². The molecule has 0 aliphatic rings. The summed E-state index contributed by atoms with van der Waals surface area (Å²) < 4.78 is 49.9. The second-order valence-electron chi connectivity index (χ2n) is 9.71. The lowest BCUT2D eigenvalue weighted by Crippen LogP contribution is -2.37. The van der Waals surface area contributed by atoms with Gasteiger partial charge >= 0.3 is 0 Å². The van der Waals surface area contributed by atoms with Gasteiger partial charge in [-0.1, -0.05) is 29.8 Å². The minimum atomic E-state index is -0.911. The zero-order chi connectivity index (χ0) is 29.4. The Hall–Kier alpha value is -4.18. The van der Waals surface area contributed by atoms with Crippen LogP contribution in [0, 0.1) is 31.3 Å². The molecule has 0 bridgehead atoms. The van der Waals surface area contributed by atoms with E-state index in [-0.39, 0.29) is 39.4 Å². The van der Waals surface area contributed by atoms with Gasteiger partial charge in [-0.05, 0) is 44.9 Å². The first-order valence-electron chi connectivity index (χ1n) is 12.2. The maximum atomic E-state index is 16.1. The summed E-state index contributed by atoms with van der Waals surface area (Å²) in [5.41, 5.74) is -0.186. The van der Waals surface area contributed by atoms with Gasteiger partial charge in [0.25, 0.3) is 5.56 Å². The van der Waals surface area contributed by atoms with Crippen LogP contribution in [0.3, 0.4) is 0 Å². The first-order valence-corrected chi connectivity index (χ1v) is 12.6. The third-order valence-electron chi connectivity index (χ3n) is 6.60. The molecule has 3 aromatic heterocycles. The van der Waals surface area contributed by atoms with Crippen molar-refractivity contribution < 1.29 is 22.7 Å². The quantitative estimate of drug-likeness (QED) is 0.313. The molecular weight excluding hydrogens is 545 g/mol. The summed E-state index contributed by atoms with van der Waals surface area (Å²) >= 11 is 6.32. The van der Waals surface area contributed by atoms with E-state index < -0.39 is 35.0 Å². The van der Waals surface area contributed by atoms with Gasteiger partial charge in [0.2, 0.25) is 5.91 Å². The smallest absolute Gasteiger partial charge is 0.278 e. The lowest BCUT2D eigenvalue weighted by molar-refractivity contribution is -0.125. The topological polar surface area (TPSA) is 86.1 Å². The summed E-state index contributed by atoms with van der Waals surface area (Å²) in [5.74, 6) is -2.79. The lowest BCUT2D eigenvalue weighted by atomic mass is 9.82. The van der Waals surface area contributed by atoms with Crippen molar-refractivity contribution in [1.29, 1.82) is 0 Å². The minimum absolute atomic E-state index is 0.0178. The molecule has 0 aliphatic heterocycles. The number of carbonyl (C=O) groups is 1. The van der Waals surface area contributed by atoms with Gasteiger partial charge in [-0.2, -0.15) is 0 Å². The highest BCUT2D eigenvalue weighted by Gasteiger charge is 2.29. The van der Waals surface area contributed by atoms with E-state index in [1.807, 2.05) is 0 Å². The number of benzene rings is 1. The first-order chi connectivity index (χ1) is 18.9. The fraction of sp³-hybridized carbons (Fsp3) is 0.241. The standard InChI is InChI=1S/C29H26ClF3N4O3/c1-15-12-36-25(17-7-6-8-18(10-17)29(3,4)28(39)34-5)24(33)26(15)37-16(2)9-22(23(30)27(37)38)40-14-21-20(32)11-19(31)13-35-21/h6-13H,14H2,1-5H3,(H,34,39). The number of aryl methyl sites for hydroxylation is 2. The van der Waals surface area contributed by atoms with Crippen LogP contribution < -0.4 is 15.6 Å². The molecule has 0 radical (unpaired) electrons. The van der Waals surface area contributed by atoms with Crippen LogP contribution in [0.1, 0.15) is 36.4 Å². The first kappa shape index (κ1) is 28.8. The Balaban J connectivity index is 1.77. The molecule has 1 N–H and O–H groups in total. The Morgan fingerprint density at radius 1 is 1.10 bits per heavy atom. The van der Waals surface area contributed by atoms with E-state index >= 15 is 4.39 Å². The Morgan fingerprint density at radius 2 is 1.82 bits per heavy atom. The Bertz CT molecular complexity index is 1690. The van der Waals surface area contributed by atoms with Crippen molar-refractivity contribution in [3.05, 3.63) is 104 Å². The van der Waals surface area contributed by atoms with Crippen molar-refractivity contribution >= 4 is 17.5 Å². The largest absolute Gasteiger partial charge is 0.485 e. The Kier molecular flexibility index (Phi) is 8.02. The molecule has 0 spiro atoms. The number of nitrogens with zero attached hydrogens (tertiary/aromatic N) is 3. The number of likely N-dealkylation sites (N-methyl/N-ethyl adjacent to an activating group) is 1. The zero-order valence-corrected chi connectivity index (χ0v) is 23.2. The predicted molar refractivity (Wildman–Crippen MR) is 145 cm³/mol. The number of nitrogens with one attached hydrogen (secondary N) is 1. The van der Waals surface area contributed by atoms with Gasteiger partial charge in [0.1, 0.15) is 34.6 Å². The lowest BCUT2D eigenvalue weighted by Gasteiger charge is -2.24. The second-order valence-corrected chi connectivity index (χ2v) is 10.1. The summed E-state index contributed by atoms with van der Waals surface area (Å²) in [4.78, 5) is 33.7. The van der Waals surface area contributed by atoms with Gasteiger partial charge in [-0.15, -0.1) is 0 Å². The molecule has 0 saturated carbocycles. The van der Waals surface area contributed by atoms with Crippen LogP contribution in [0.5, 0.6) is 5.75 Å². The van der Waals surface area contributed by atoms with Crippen LogP contribution in [0.4, 0.5) is 13.2 Å². The Labute approximate surface area is 233 Å². The van der Waals surface area contributed by atoms with Crippen molar-refractivity contribution in [2.45, 2.75) is 39.7 Å². The van der Waals surface area contributed by atoms with Crippen molar-refractivity contribution in [2.24, 2.45) is 0 Å². The molecule has 0 aliphatic carbocycles. The Morgan fingerprint density at radius 3 is 2.50 bits per heavy atom. The summed E-state index contributed by atoms with van der Waals surface area (Å²) in [6.45, 7) is 6.26. The van der Waals surface area contributed by atoms with Crippen LogP contribution in [0.2, 0.25) is 5.02 Å². The number of halogens is 4. The van der Waals surface area contributed by atoms with Crippen LogP contribution in [0.15, 0.2) is 53.6 Å². The van der Waals surface area contributed by atoms with E-state index in [4.69, 9.17) is 16.3 Å². The highest BCUT2D eigenvalue weighted by atomic mass is 35.5. The van der Waals surface area contributed by atoms with E-state index in [2.05, 4.69) is 15.3 Å². The average Bonchev–Trinajstić information content (AvgIpc) is 2.92. The van der Waals surface area contributed by atoms with E-state index in [1.165, 1.54) is 12.3 Å². The summed E-state index contributed by atoms with van der Waals surface area (Å²) in [6.07, 6.45) is 2.28. The summed E-state index contributed by atoms with van der Waals surface area (Å²) in [5, 5.41) is 2.27. The minimum Gasteiger partial charge on any atom is -0.485 e. The molecule has 1 amide bonds. The number of aromatic nitrogens is 3. The van der Waals surface area contributed by atoms with E-state index in [0.29, 0.717) is 22.8 Å². The molecule has 4 aromatic rings. The number of rotatable bonds is 7.